The van der Waals surface area contributed by atoms with Crippen molar-refractivity contribution >= 4 is 0 Å². The van der Waals surface area contributed by atoms with Crippen LogP contribution in [-0.2, 0) is 4.74 Å². The number of hydrogen-bond donors (Lipinski definition) is 3. The second-order valence-electron chi connectivity index (χ2n) is 6.67. The number of hydrogen-bond acceptors (Lipinski definition) is 4. The number of phenolic OH excluding ortho intramolecular Hbond substituents is 1. The van der Waals surface area contributed by atoms with Gasteiger partial charge in [-0.3, -0.25) is 0 Å². The minimum Gasteiger partial charge on any atom is -0.508 e. The van der Waals surface area contributed by atoms with E-state index in [9.17, 15) is 10.2 Å². The summed E-state index contributed by atoms with van der Waals surface area (Å²) in [5.41, 5.74) is 2.70. The van der Waals surface area contributed by atoms with Crippen molar-refractivity contribution in [2.24, 2.45) is 0 Å². The average molecular weight is 291 g/mol. The average Bonchev–Trinajstić information content (AvgIpc) is 2.95. The molecule has 0 spiro atoms. The summed E-state index contributed by atoms with van der Waals surface area (Å²) in [5, 5.41) is 24.3. The van der Waals surface area contributed by atoms with Crippen molar-refractivity contribution in [3.05, 3.63) is 28.8 Å². The van der Waals surface area contributed by atoms with E-state index in [4.69, 9.17) is 4.74 Å². The van der Waals surface area contributed by atoms with Gasteiger partial charge in [0.15, 0.2) is 0 Å². The fourth-order valence-corrected chi connectivity index (χ4v) is 3.83. The molecule has 1 fully saturated rings. The molecule has 1 heterocycles. The molecule has 4 unspecified atom stereocenters. The number of aromatic hydroxyl groups is 1. The van der Waals surface area contributed by atoms with Crippen LogP contribution in [0.4, 0.5) is 0 Å². The normalized spacial score (nSPS) is 35.1. The molecule has 21 heavy (non-hydrogen) atoms. The SMILES string of the molecule is Cc1ccc(O)c2c1C(C)CC2NCC1(O)CCOC1C. The van der Waals surface area contributed by atoms with Crippen LogP contribution in [0.15, 0.2) is 12.1 Å². The number of ether oxygens (including phenoxy) is 1. The van der Waals surface area contributed by atoms with Gasteiger partial charge >= 0.3 is 0 Å². The van der Waals surface area contributed by atoms with Gasteiger partial charge in [0.2, 0.25) is 0 Å². The van der Waals surface area contributed by atoms with Crippen LogP contribution >= 0.6 is 0 Å². The van der Waals surface area contributed by atoms with Gasteiger partial charge < -0.3 is 20.3 Å². The van der Waals surface area contributed by atoms with Crippen molar-refractivity contribution in [1.29, 1.82) is 0 Å². The zero-order valence-corrected chi connectivity index (χ0v) is 13.0. The number of aryl methyl sites for hydroxylation is 1. The van der Waals surface area contributed by atoms with E-state index in [2.05, 4.69) is 19.2 Å². The van der Waals surface area contributed by atoms with E-state index < -0.39 is 5.60 Å². The standard InChI is InChI=1S/C17H25NO3/c1-10-4-5-14(19)16-13(8-11(2)15(10)16)18-9-17(20)6-7-21-12(17)3/h4-5,11-13,18-20H,6-9H2,1-3H3. The van der Waals surface area contributed by atoms with Gasteiger partial charge in [-0.25, -0.2) is 0 Å². The van der Waals surface area contributed by atoms with E-state index in [0.717, 1.165) is 12.0 Å². The summed E-state index contributed by atoms with van der Waals surface area (Å²) in [6.45, 7) is 7.32. The first-order chi connectivity index (χ1) is 9.92. The number of rotatable bonds is 3. The lowest BCUT2D eigenvalue weighted by Crippen LogP contribution is -2.46. The molecule has 1 aromatic rings. The number of aliphatic hydroxyl groups is 1. The molecular weight excluding hydrogens is 266 g/mol. The number of fused-ring (bicyclic) bond motifs is 1. The van der Waals surface area contributed by atoms with Gasteiger partial charge in [-0.2, -0.15) is 0 Å². The summed E-state index contributed by atoms with van der Waals surface area (Å²) in [6, 6.07) is 3.86. The molecule has 4 atom stereocenters. The fraction of sp³-hybridized carbons (Fsp3) is 0.647. The Kier molecular flexibility index (Phi) is 3.72. The highest BCUT2D eigenvalue weighted by Gasteiger charge is 2.41. The largest absolute Gasteiger partial charge is 0.508 e. The van der Waals surface area contributed by atoms with E-state index in [1.807, 2.05) is 13.0 Å². The fourth-order valence-electron chi connectivity index (χ4n) is 3.83. The molecule has 1 aliphatic heterocycles. The minimum atomic E-state index is -0.800. The molecule has 3 rings (SSSR count). The molecule has 3 N–H and O–H groups in total. The summed E-state index contributed by atoms with van der Waals surface area (Å²) >= 11 is 0. The van der Waals surface area contributed by atoms with E-state index in [0.29, 0.717) is 31.2 Å². The van der Waals surface area contributed by atoms with Gasteiger partial charge in [-0.05, 0) is 43.4 Å². The van der Waals surface area contributed by atoms with E-state index >= 15 is 0 Å². The lowest BCUT2D eigenvalue weighted by molar-refractivity contribution is -0.0277. The first-order valence-corrected chi connectivity index (χ1v) is 7.82. The maximum Gasteiger partial charge on any atom is 0.120 e. The Morgan fingerprint density at radius 1 is 1.33 bits per heavy atom. The highest BCUT2D eigenvalue weighted by Crippen LogP contribution is 2.46. The Labute approximate surface area is 126 Å². The molecule has 4 nitrogen and oxygen atoms in total. The molecule has 0 amide bonds. The minimum absolute atomic E-state index is 0.103. The molecule has 1 aliphatic carbocycles. The van der Waals surface area contributed by atoms with Crippen molar-refractivity contribution in [2.75, 3.05) is 13.2 Å². The summed E-state index contributed by atoms with van der Waals surface area (Å²) in [6.07, 6.45) is 1.48. The van der Waals surface area contributed by atoms with Crippen molar-refractivity contribution in [2.45, 2.75) is 57.3 Å². The lowest BCUT2D eigenvalue weighted by atomic mass is 9.95. The summed E-state index contributed by atoms with van der Waals surface area (Å²) in [4.78, 5) is 0. The van der Waals surface area contributed by atoms with E-state index in [1.165, 1.54) is 11.1 Å². The molecule has 1 saturated heterocycles. The highest BCUT2D eigenvalue weighted by molar-refractivity contribution is 5.50. The maximum atomic E-state index is 10.6. The van der Waals surface area contributed by atoms with Crippen molar-refractivity contribution in [1.82, 2.24) is 5.32 Å². The lowest BCUT2D eigenvalue weighted by Gasteiger charge is -2.28. The third kappa shape index (κ3) is 2.45. The maximum absolute atomic E-state index is 10.6. The number of phenols is 1. The first kappa shape index (κ1) is 14.8. The van der Waals surface area contributed by atoms with Crippen molar-refractivity contribution < 1.29 is 14.9 Å². The van der Waals surface area contributed by atoms with Gasteiger partial charge in [0.25, 0.3) is 0 Å². The second-order valence-corrected chi connectivity index (χ2v) is 6.67. The summed E-state index contributed by atoms with van der Waals surface area (Å²) < 4.78 is 5.48. The summed E-state index contributed by atoms with van der Waals surface area (Å²) in [7, 11) is 0. The van der Waals surface area contributed by atoms with Crippen LogP contribution in [0.5, 0.6) is 5.75 Å². The van der Waals surface area contributed by atoms with E-state index in [1.54, 1.807) is 6.07 Å². The monoisotopic (exact) mass is 291 g/mol. The zero-order chi connectivity index (χ0) is 15.2. The van der Waals surface area contributed by atoms with Gasteiger partial charge in [-0.15, -0.1) is 0 Å². The quantitative estimate of drug-likeness (QED) is 0.800. The van der Waals surface area contributed by atoms with Crippen LogP contribution in [0.25, 0.3) is 0 Å². The molecule has 0 saturated carbocycles. The Balaban J connectivity index is 1.79. The van der Waals surface area contributed by atoms with Crippen LogP contribution in [0.3, 0.4) is 0 Å². The predicted molar refractivity (Wildman–Crippen MR) is 81.6 cm³/mol. The van der Waals surface area contributed by atoms with Gasteiger partial charge in [0.1, 0.15) is 11.4 Å². The third-order valence-corrected chi connectivity index (χ3v) is 5.23. The van der Waals surface area contributed by atoms with Gasteiger partial charge in [0, 0.05) is 31.2 Å². The molecule has 2 aliphatic rings. The smallest absolute Gasteiger partial charge is 0.120 e. The summed E-state index contributed by atoms with van der Waals surface area (Å²) in [5.74, 6) is 0.789. The Bertz CT molecular complexity index is 545. The molecule has 0 bridgehead atoms. The Morgan fingerprint density at radius 3 is 2.76 bits per heavy atom. The first-order valence-electron chi connectivity index (χ1n) is 7.82. The van der Waals surface area contributed by atoms with Gasteiger partial charge in [0.05, 0.1) is 6.10 Å². The van der Waals surface area contributed by atoms with Gasteiger partial charge in [-0.1, -0.05) is 13.0 Å². The van der Waals surface area contributed by atoms with Crippen LogP contribution < -0.4 is 5.32 Å². The van der Waals surface area contributed by atoms with E-state index in [-0.39, 0.29) is 12.1 Å². The molecule has 1 aromatic carbocycles. The number of nitrogens with one attached hydrogen (secondary N) is 1. The van der Waals surface area contributed by atoms with Crippen LogP contribution in [0, 0.1) is 6.92 Å². The third-order valence-electron chi connectivity index (χ3n) is 5.23. The second kappa shape index (κ2) is 5.27. The van der Waals surface area contributed by atoms with Crippen molar-refractivity contribution in [3.63, 3.8) is 0 Å². The zero-order valence-electron chi connectivity index (χ0n) is 13.0. The molecule has 4 heteroatoms. The Hall–Kier alpha value is -1.10. The van der Waals surface area contributed by atoms with Crippen LogP contribution in [0.2, 0.25) is 0 Å². The highest BCUT2D eigenvalue weighted by atomic mass is 16.5. The van der Waals surface area contributed by atoms with Crippen LogP contribution in [0.1, 0.15) is 55.3 Å². The molecular formula is C17H25NO3. The van der Waals surface area contributed by atoms with Crippen LogP contribution in [-0.4, -0.2) is 35.1 Å². The Morgan fingerprint density at radius 2 is 2.10 bits per heavy atom. The molecule has 0 radical (unpaired) electrons. The number of benzene rings is 1. The molecule has 0 aromatic heterocycles. The predicted octanol–water partition coefficient (Wildman–Crippen LogP) is 2.38. The van der Waals surface area contributed by atoms with Crippen molar-refractivity contribution in [3.8, 4) is 5.75 Å². The topological polar surface area (TPSA) is 61.7 Å². The molecule has 116 valence electrons.